The summed E-state index contributed by atoms with van der Waals surface area (Å²) >= 11 is 0.995. The Morgan fingerprint density at radius 2 is 1.75 bits per heavy atom. The predicted molar refractivity (Wildman–Crippen MR) is 151 cm³/mol. The van der Waals surface area contributed by atoms with Gasteiger partial charge >= 0.3 is 17.1 Å². The van der Waals surface area contributed by atoms with Gasteiger partial charge in [0, 0.05) is 13.1 Å². The van der Waals surface area contributed by atoms with Crippen LogP contribution >= 0.6 is 11.3 Å². The van der Waals surface area contributed by atoms with Gasteiger partial charge in [-0.2, -0.15) is 0 Å². The molecule has 2 N–H and O–H groups in total. The molecule has 0 fully saturated rings. The number of nitrogens with zero attached hydrogens (tertiary/aromatic N) is 2. The maximum Gasteiger partial charge on any atom is 0.514 e. The van der Waals surface area contributed by atoms with Crippen LogP contribution in [0, 0.1) is 0 Å². The fraction of sp³-hybridized carbons (Fsp3) is 0.393. The van der Waals surface area contributed by atoms with Crippen molar-refractivity contribution in [1.82, 2.24) is 19.9 Å². The van der Waals surface area contributed by atoms with Crippen molar-refractivity contribution in [2.45, 2.75) is 65.7 Å². The molecule has 11 nitrogen and oxygen atoms in total. The molecule has 0 aliphatic rings. The minimum absolute atomic E-state index is 0.178. The molecule has 2 aromatic heterocycles. The number of carbonyl (C=O) groups is 3. The highest BCUT2D eigenvalue weighted by molar-refractivity contribution is 7.16. The minimum atomic E-state index is -0.876. The Morgan fingerprint density at radius 1 is 1.02 bits per heavy atom. The van der Waals surface area contributed by atoms with E-state index in [0.29, 0.717) is 34.0 Å². The van der Waals surface area contributed by atoms with Gasteiger partial charge in [0.05, 0.1) is 15.7 Å². The highest BCUT2D eigenvalue weighted by Crippen LogP contribution is 2.30. The highest BCUT2D eigenvalue weighted by atomic mass is 32.1. The number of nitrogens with one attached hydrogen (secondary N) is 2. The second kappa shape index (κ2) is 11.1. The van der Waals surface area contributed by atoms with Crippen molar-refractivity contribution in [3.8, 4) is 5.75 Å². The molecule has 1 amide bonds. The van der Waals surface area contributed by atoms with Crippen LogP contribution in [0.15, 0.2) is 35.1 Å². The van der Waals surface area contributed by atoms with Crippen molar-refractivity contribution in [2.24, 2.45) is 0 Å². The van der Waals surface area contributed by atoms with Crippen molar-refractivity contribution in [3.63, 3.8) is 0 Å². The van der Waals surface area contributed by atoms with Gasteiger partial charge in [0.15, 0.2) is 17.9 Å². The fourth-order valence-electron chi connectivity index (χ4n) is 3.97. The zero-order valence-corrected chi connectivity index (χ0v) is 24.1. The van der Waals surface area contributed by atoms with E-state index in [-0.39, 0.29) is 29.5 Å². The van der Waals surface area contributed by atoms with E-state index in [1.165, 1.54) is 0 Å². The first-order valence-corrected chi connectivity index (χ1v) is 13.5. The van der Waals surface area contributed by atoms with E-state index in [1.807, 2.05) is 18.2 Å². The third-order valence-corrected chi connectivity index (χ3v) is 6.52. The molecule has 0 bridgehead atoms. The van der Waals surface area contributed by atoms with Crippen LogP contribution in [0.1, 0.15) is 63.3 Å². The molecule has 4 rings (SSSR count). The number of ether oxygens (including phenoxy) is 3. The molecule has 0 unspecified atom stereocenters. The van der Waals surface area contributed by atoms with Crippen LogP contribution in [0.2, 0.25) is 0 Å². The van der Waals surface area contributed by atoms with Crippen LogP contribution in [0.25, 0.3) is 21.3 Å². The normalized spacial score (nSPS) is 11.9. The van der Waals surface area contributed by atoms with Crippen molar-refractivity contribution in [1.29, 1.82) is 0 Å². The average molecular weight is 569 g/mol. The van der Waals surface area contributed by atoms with Gasteiger partial charge in [-0.25, -0.2) is 14.6 Å². The first-order valence-electron chi connectivity index (χ1n) is 12.7. The number of amides is 1. The highest BCUT2D eigenvalue weighted by Gasteiger charge is 2.24. The molecular weight excluding hydrogens is 536 g/mol. The van der Waals surface area contributed by atoms with E-state index in [9.17, 15) is 19.2 Å². The van der Waals surface area contributed by atoms with Gasteiger partial charge in [0.25, 0.3) is 0 Å². The summed E-state index contributed by atoms with van der Waals surface area (Å²) in [5, 5.41) is 0. The van der Waals surface area contributed by atoms with Gasteiger partial charge < -0.3 is 29.1 Å². The van der Waals surface area contributed by atoms with E-state index in [0.717, 1.165) is 22.5 Å². The zero-order chi connectivity index (χ0) is 29.2. The number of fused-ring (bicyclic) bond motifs is 2. The summed E-state index contributed by atoms with van der Waals surface area (Å²) in [6.45, 7) is 11.1. The fourth-order valence-corrected chi connectivity index (χ4v) is 4.86. The molecule has 0 saturated carbocycles. The van der Waals surface area contributed by atoms with Crippen LogP contribution in [-0.2, 0) is 22.4 Å². The number of carbonyl (C=O) groups excluding carboxylic acids is 3. The Labute approximate surface area is 234 Å². The molecule has 40 heavy (non-hydrogen) atoms. The SMILES string of the molecule is CC(C)(C)OC(=O)Oc1ccc(CCN(Cc2ccc3[nH]c(C=O)nc3c2)C(=O)OC(C)(C)C)c2sc(=O)[nH]c12. The molecular formula is C28H32N4O7S. The largest absolute Gasteiger partial charge is 0.514 e. The monoisotopic (exact) mass is 568 g/mol. The second-order valence-electron chi connectivity index (χ2n) is 11.3. The molecule has 0 aliphatic carbocycles. The standard InChI is InChI=1S/C28H32N4O7S/c1-27(2,3)38-25(35)32(14-16-7-9-18-19(13-16)30-21(15-33)29-18)12-11-17-8-10-20(22-23(17)40-24(34)31-22)37-26(36)39-28(4,5)6/h7-10,13,15H,11-12,14H2,1-6H3,(H,29,30)(H,31,34). The number of benzene rings is 2. The lowest BCUT2D eigenvalue weighted by atomic mass is 10.1. The van der Waals surface area contributed by atoms with Crippen molar-refractivity contribution < 1.29 is 28.6 Å². The maximum atomic E-state index is 13.2. The Morgan fingerprint density at radius 3 is 2.42 bits per heavy atom. The minimum Gasteiger partial charge on any atom is -0.444 e. The van der Waals surface area contributed by atoms with E-state index >= 15 is 0 Å². The molecule has 0 spiro atoms. The van der Waals surface area contributed by atoms with E-state index in [2.05, 4.69) is 15.0 Å². The van der Waals surface area contributed by atoms with Crippen LogP contribution in [-0.4, -0.2) is 56.1 Å². The second-order valence-corrected chi connectivity index (χ2v) is 12.2. The molecule has 0 atom stereocenters. The number of rotatable bonds is 7. The van der Waals surface area contributed by atoms with Crippen molar-refractivity contribution >= 4 is 51.1 Å². The average Bonchev–Trinajstić information content (AvgIpc) is 3.43. The van der Waals surface area contributed by atoms with Gasteiger partial charge in [-0.1, -0.05) is 23.5 Å². The summed E-state index contributed by atoms with van der Waals surface area (Å²) in [5.74, 6) is 0.405. The number of thiazole rings is 1. The van der Waals surface area contributed by atoms with Crippen LogP contribution in [0.5, 0.6) is 5.75 Å². The van der Waals surface area contributed by atoms with Crippen LogP contribution in [0.4, 0.5) is 9.59 Å². The lowest BCUT2D eigenvalue weighted by Crippen LogP contribution is -2.37. The van der Waals surface area contributed by atoms with E-state index in [1.54, 1.807) is 58.6 Å². The lowest BCUT2D eigenvalue weighted by molar-refractivity contribution is 0.0203. The Kier molecular flexibility index (Phi) is 8.01. The Hall–Kier alpha value is -4.19. The summed E-state index contributed by atoms with van der Waals surface area (Å²) in [5.41, 5.74) is 1.88. The maximum absolute atomic E-state index is 13.2. The number of aromatic amines is 2. The van der Waals surface area contributed by atoms with E-state index in [4.69, 9.17) is 14.2 Å². The van der Waals surface area contributed by atoms with Crippen molar-refractivity contribution in [3.05, 3.63) is 57.0 Å². The number of aromatic nitrogens is 3. The number of imidazole rings is 1. The quantitative estimate of drug-likeness (QED) is 0.167. The summed E-state index contributed by atoms with van der Waals surface area (Å²) < 4.78 is 16.9. The molecule has 212 valence electrons. The van der Waals surface area contributed by atoms with E-state index < -0.39 is 23.5 Å². The van der Waals surface area contributed by atoms with Gasteiger partial charge in [-0.3, -0.25) is 9.59 Å². The van der Waals surface area contributed by atoms with Gasteiger partial charge in [0.1, 0.15) is 16.7 Å². The Balaban J connectivity index is 1.58. The smallest absolute Gasteiger partial charge is 0.444 e. The van der Waals surface area contributed by atoms with Gasteiger partial charge in [-0.05, 0) is 77.3 Å². The molecule has 0 aliphatic heterocycles. The first kappa shape index (κ1) is 28.8. The number of aldehydes is 1. The molecule has 2 heterocycles. The predicted octanol–water partition coefficient (Wildman–Crippen LogP) is 5.57. The van der Waals surface area contributed by atoms with Crippen molar-refractivity contribution in [2.75, 3.05) is 6.54 Å². The number of H-pyrrole nitrogens is 2. The topological polar surface area (TPSA) is 144 Å². The number of hydrogen-bond acceptors (Lipinski definition) is 9. The molecule has 2 aromatic carbocycles. The first-order chi connectivity index (χ1) is 18.7. The summed E-state index contributed by atoms with van der Waals surface area (Å²) in [6, 6.07) is 8.83. The van der Waals surface area contributed by atoms with Crippen LogP contribution in [0.3, 0.4) is 0 Å². The van der Waals surface area contributed by atoms with Gasteiger partial charge in [-0.15, -0.1) is 0 Å². The molecule has 0 radical (unpaired) electrons. The molecule has 4 aromatic rings. The Bertz CT molecular complexity index is 1620. The van der Waals surface area contributed by atoms with Crippen LogP contribution < -0.4 is 9.61 Å². The molecule has 0 saturated heterocycles. The summed E-state index contributed by atoms with van der Waals surface area (Å²) in [4.78, 5) is 59.9. The molecule has 12 heteroatoms. The number of hydrogen-bond donors (Lipinski definition) is 2. The summed E-state index contributed by atoms with van der Waals surface area (Å²) in [6.07, 6.45) is -0.326. The summed E-state index contributed by atoms with van der Waals surface area (Å²) in [7, 11) is 0. The van der Waals surface area contributed by atoms with Gasteiger partial charge in [0.2, 0.25) is 0 Å². The lowest BCUT2D eigenvalue weighted by Gasteiger charge is -2.27. The zero-order valence-electron chi connectivity index (χ0n) is 23.2. The third kappa shape index (κ3) is 7.26. The third-order valence-electron chi connectivity index (χ3n) is 5.56.